The number of anilines is 1. The number of nitrogens with one attached hydrogen (secondary N) is 1. The molecular weight excluding hydrogens is 172 g/mol. The SMILES string of the molecule is CC(C)NC1CCc2ccc(N)cc21. The summed E-state index contributed by atoms with van der Waals surface area (Å²) in [5.74, 6) is 0. The van der Waals surface area contributed by atoms with Crippen LogP contribution >= 0.6 is 0 Å². The number of rotatable bonds is 2. The molecule has 2 heteroatoms. The highest BCUT2D eigenvalue weighted by Crippen LogP contribution is 2.32. The second-order valence-electron chi connectivity index (χ2n) is 4.37. The maximum Gasteiger partial charge on any atom is 0.0329 e. The van der Waals surface area contributed by atoms with Gasteiger partial charge in [0.15, 0.2) is 0 Å². The van der Waals surface area contributed by atoms with E-state index in [4.69, 9.17) is 5.73 Å². The van der Waals surface area contributed by atoms with Crippen LogP contribution in [-0.2, 0) is 6.42 Å². The summed E-state index contributed by atoms with van der Waals surface area (Å²) in [5.41, 5.74) is 9.53. The van der Waals surface area contributed by atoms with Gasteiger partial charge in [0.2, 0.25) is 0 Å². The van der Waals surface area contributed by atoms with E-state index in [1.807, 2.05) is 6.07 Å². The molecule has 2 rings (SSSR count). The van der Waals surface area contributed by atoms with E-state index in [1.54, 1.807) is 0 Å². The number of hydrogen-bond donors (Lipinski definition) is 2. The van der Waals surface area contributed by atoms with E-state index < -0.39 is 0 Å². The van der Waals surface area contributed by atoms with Crippen molar-refractivity contribution in [1.82, 2.24) is 5.32 Å². The second kappa shape index (κ2) is 3.62. The standard InChI is InChI=1S/C12H18N2/c1-8(2)14-12-6-4-9-3-5-10(13)7-11(9)12/h3,5,7-8,12,14H,4,6,13H2,1-2H3. The summed E-state index contributed by atoms with van der Waals surface area (Å²) in [6, 6.07) is 7.31. The van der Waals surface area contributed by atoms with E-state index in [1.165, 1.54) is 24.0 Å². The van der Waals surface area contributed by atoms with Crippen molar-refractivity contribution in [2.45, 2.75) is 38.8 Å². The first-order valence-corrected chi connectivity index (χ1v) is 5.31. The van der Waals surface area contributed by atoms with E-state index in [2.05, 4.69) is 31.3 Å². The van der Waals surface area contributed by atoms with Crippen LogP contribution in [0.2, 0.25) is 0 Å². The van der Waals surface area contributed by atoms with Gasteiger partial charge in [-0.15, -0.1) is 0 Å². The van der Waals surface area contributed by atoms with Crippen molar-refractivity contribution >= 4 is 5.69 Å². The molecule has 1 aliphatic rings. The minimum Gasteiger partial charge on any atom is -0.399 e. The third-order valence-electron chi connectivity index (χ3n) is 2.78. The highest BCUT2D eigenvalue weighted by molar-refractivity contribution is 5.47. The number of hydrogen-bond acceptors (Lipinski definition) is 2. The monoisotopic (exact) mass is 190 g/mol. The van der Waals surface area contributed by atoms with Crippen LogP contribution in [0.25, 0.3) is 0 Å². The van der Waals surface area contributed by atoms with Crippen LogP contribution in [0, 0.1) is 0 Å². The lowest BCUT2D eigenvalue weighted by Gasteiger charge is -2.17. The van der Waals surface area contributed by atoms with Gasteiger partial charge in [0, 0.05) is 17.8 Å². The smallest absolute Gasteiger partial charge is 0.0329 e. The fraction of sp³-hybridized carbons (Fsp3) is 0.500. The molecule has 0 fully saturated rings. The van der Waals surface area contributed by atoms with Gasteiger partial charge in [0.1, 0.15) is 0 Å². The molecule has 0 saturated heterocycles. The van der Waals surface area contributed by atoms with Crippen molar-refractivity contribution < 1.29 is 0 Å². The minimum atomic E-state index is 0.508. The molecule has 0 heterocycles. The molecule has 3 N–H and O–H groups in total. The minimum absolute atomic E-state index is 0.508. The van der Waals surface area contributed by atoms with Crippen LogP contribution in [0.4, 0.5) is 5.69 Å². The highest BCUT2D eigenvalue weighted by Gasteiger charge is 2.22. The summed E-state index contributed by atoms with van der Waals surface area (Å²) in [6.07, 6.45) is 2.39. The predicted octanol–water partition coefficient (Wildman–Crippen LogP) is 2.25. The Labute approximate surface area is 85.5 Å². The Morgan fingerprint density at radius 2 is 2.21 bits per heavy atom. The van der Waals surface area contributed by atoms with E-state index in [9.17, 15) is 0 Å². The molecule has 0 bridgehead atoms. The summed E-state index contributed by atoms with van der Waals surface area (Å²) in [5, 5.41) is 3.57. The van der Waals surface area contributed by atoms with Crippen LogP contribution in [0.1, 0.15) is 37.4 Å². The van der Waals surface area contributed by atoms with E-state index >= 15 is 0 Å². The van der Waals surface area contributed by atoms with Gasteiger partial charge in [-0.1, -0.05) is 19.9 Å². The summed E-state index contributed by atoms with van der Waals surface area (Å²) in [7, 11) is 0. The quantitative estimate of drug-likeness (QED) is 0.702. The van der Waals surface area contributed by atoms with Gasteiger partial charge >= 0.3 is 0 Å². The van der Waals surface area contributed by atoms with Crippen LogP contribution in [-0.4, -0.2) is 6.04 Å². The van der Waals surface area contributed by atoms with Gasteiger partial charge in [-0.3, -0.25) is 0 Å². The first kappa shape index (κ1) is 9.53. The zero-order chi connectivity index (χ0) is 10.1. The van der Waals surface area contributed by atoms with Gasteiger partial charge in [-0.2, -0.15) is 0 Å². The summed E-state index contributed by atoms with van der Waals surface area (Å²) in [6.45, 7) is 4.37. The molecule has 0 radical (unpaired) electrons. The van der Waals surface area contributed by atoms with Crippen LogP contribution in [0.15, 0.2) is 18.2 Å². The van der Waals surface area contributed by atoms with Crippen molar-refractivity contribution in [3.05, 3.63) is 29.3 Å². The van der Waals surface area contributed by atoms with Crippen LogP contribution < -0.4 is 11.1 Å². The Hall–Kier alpha value is -1.02. The maximum absolute atomic E-state index is 5.80. The normalized spacial score (nSPS) is 20.1. The summed E-state index contributed by atoms with van der Waals surface area (Å²) < 4.78 is 0. The van der Waals surface area contributed by atoms with Gasteiger partial charge in [0.05, 0.1) is 0 Å². The lowest BCUT2D eigenvalue weighted by atomic mass is 10.1. The predicted molar refractivity (Wildman–Crippen MR) is 60.2 cm³/mol. The Morgan fingerprint density at radius 3 is 2.93 bits per heavy atom. The molecule has 0 aliphatic heterocycles. The fourth-order valence-corrected chi connectivity index (χ4v) is 2.20. The molecule has 2 nitrogen and oxygen atoms in total. The van der Waals surface area contributed by atoms with Crippen LogP contribution in [0.5, 0.6) is 0 Å². The Balaban J connectivity index is 2.24. The maximum atomic E-state index is 5.80. The molecule has 14 heavy (non-hydrogen) atoms. The second-order valence-corrected chi connectivity index (χ2v) is 4.37. The molecular formula is C12H18N2. The van der Waals surface area contributed by atoms with Crippen molar-refractivity contribution in [2.24, 2.45) is 0 Å². The molecule has 1 atom stereocenters. The Kier molecular flexibility index (Phi) is 2.46. The lowest BCUT2D eigenvalue weighted by Crippen LogP contribution is -2.26. The van der Waals surface area contributed by atoms with Crippen molar-refractivity contribution in [1.29, 1.82) is 0 Å². The average Bonchev–Trinajstić information content (AvgIpc) is 2.47. The van der Waals surface area contributed by atoms with E-state index in [0.717, 1.165) is 5.69 Å². The summed E-state index contributed by atoms with van der Waals surface area (Å²) >= 11 is 0. The molecule has 1 unspecified atom stereocenters. The molecule has 1 aromatic rings. The van der Waals surface area contributed by atoms with Gasteiger partial charge in [0.25, 0.3) is 0 Å². The van der Waals surface area contributed by atoms with Crippen molar-refractivity contribution in [2.75, 3.05) is 5.73 Å². The third-order valence-corrected chi connectivity index (χ3v) is 2.78. The fourth-order valence-electron chi connectivity index (χ4n) is 2.20. The summed E-state index contributed by atoms with van der Waals surface area (Å²) in [4.78, 5) is 0. The van der Waals surface area contributed by atoms with Gasteiger partial charge < -0.3 is 11.1 Å². The molecule has 76 valence electrons. The zero-order valence-corrected chi connectivity index (χ0v) is 8.88. The highest BCUT2D eigenvalue weighted by atomic mass is 14.9. The Bertz CT molecular complexity index is 331. The first-order valence-electron chi connectivity index (χ1n) is 5.31. The average molecular weight is 190 g/mol. The molecule has 0 saturated carbocycles. The molecule has 0 amide bonds. The lowest BCUT2D eigenvalue weighted by molar-refractivity contribution is 0.475. The number of fused-ring (bicyclic) bond motifs is 1. The zero-order valence-electron chi connectivity index (χ0n) is 8.88. The van der Waals surface area contributed by atoms with Crippen LogP contribution in [0.3, 0.4) is 0 Å². The number of aryl methyl sites for hydroxylation is 1. The largest absolute Gasteiger partial charge is 0.399 e. The molecule has 0 aromatic heterocycles. The first-order chi connectivity index (χ1) is 6.66. The van der Waals surface area contributed by atoms with E-state index in [-0.39, 0.29) is 0 Å². The number of nitrogens with two attached hydrogens (primary N) is 1. The number of nitrogen functional groups attached to an aromatic ring is 1. The molecule has 1 aromatic carbocycles. The molecule has 1 aliphatic carbocycles. The van der Waals surface area contributed by atoms with E-state index in [0.29, 0.717) is 12.1 Å². The third kappa shape index (κ3) is 1.75. The van der Waals surface area contributed by atoms with Crippen molar-refractivity contribution in [3.8, 4) is 0 Å². The number of benzene rings is 1. The molecule has 0 spiro atoms. The topological polar surface area (TPSA) is 38.0 Å². The van der Waals surface area contributed by atoms with Gasteiger partial charge in [-0.25, -0.2) is 0 Å². The Morgan fingerprint density at radius 1 is 1.43 bits per heavy atom. The van der Waals surface area contributed by atoms with Gasteiger partial charge in [-0.05, 0) is 36.1 Å². The van der Waals surface area contributed by atoms with Crippen molar-refractivity contribution in [3.63, 3.8) is 0 Å².